The standard InChI is InChI=1S/C28H28FNO3/c1-17-7-6-8-19(13-17)27(31)33-16-23-21(22-10-9-20(29)14-25(22)32-5)11-12-24-26(23)18(2)15-28(3,4)30-24/h6-15,30H,16H2,1-5H3. The molecule has 0 atom stereocenters. The first-order valence-electron chi connectivity index (χ1n) is 10.9. The summed E-state index contributed by atoms with van der Waals surface area (Å²) in [5.41, 5.74) is 6.73. The van der Waals surface area contributed by atoms with Crippen molar-refractivity contribution in [3.8, 4) is 16.9 Å². The van der Waals surface area contributed by atoms with E-state index in [9.17, 15) is 9.18 Å². The smallest absolute Gasteiger partial charge is 0.338 e. The van der Waals surface area contributed by atoms with Crippen LogP contribution in [0.15, 0.2) is 60.7 Å². The summed E-state index contributed by atoms with van der Waals surface area (Å²) in [7, 11) is 1.52. The van der Waals surface area contributed by atoms with E-state index >= 15 is 0 Å². The molecule has 4 nitrogen and oxygen atoms in total. The second kappa shape index (κ2) is 8.74. The van der Waals surface area contributed by atoms with Gasteiger partial charge in [0.25, 0.3) is 0 Å². The first-order chi connectivity index (χ1) is 15.7. The van der Waals surface area contributed by atoms with Crippen LogP contribution in [0, 0.1) is 12.7 Å². The number of nitrogens with one attached hydrogen (secondary N) is 1. The molecule has 0 aliphatic carbocycles. The van der Waals surface area contributed by atoms with Crippen molar-refractivity contribution in [1.82, 2.24) is 0 Å². The normalized spacial score (nSPS) is 14.1. The summed E-state index contributed by atoms with van der Waals surface area (Å²) in [5, 5.41) is 3.54. The maximum atomic E-state index is 13.9. The first kappa shape index (κ1) is 22.6. The Labute approximate surface area is 194 Å². The van der Waals surface area contributed by atoms with Crippen molar-refractivity contribution in [2.24, 2.45) is 0 Å². The van der Waals surface area contributed by atoms with Crippen molar-refractivity contribution >= 4 is 17.2 Å². The third-order valence-electron chi connectivity index (χ3n) is 5.80. The van der Waals surface area contributed by atoms with Crippen LogP contribution in [0.4, 0.5) is 10.1 Å². The highest BCUT2D eigenvalue weighted by atomic mass is 19.1. The summed E-state index contributed by atoms with van der Waals surface area (Å²) in [4.78, 5) is 12.8. The predicted molar refractivity (Wildman–Crippen MR) is 130 cm³/mol. The Morgan fingerprint density at radius 2 is 1.79 bits per heavy atom. The number of aryl methyl sites for hydroxylation is 1. The molecule has 1 N–H and O–H groups in total. The predicted octanol–water partition coefficient (Wildman–Crippen LogP) is 6.77. The van der Waals surface area contributed by atoms with Crippen LogP contribution in [-0.4, -0.2) is 18.6 Å². The number of benzene rings is 3. The number of allylic oxidation sites excluding steroid dienone is 1. The second-order valence-corrected chi connectivity index (χ2v) is 8.98. The molecule has 3 aromatic carbocycles. The van der Waals surface area contributed by atoms with Crippen molar-refractivity contribution in [3.05, 3.63) is 88.7 Å². The molecule has 0 spiro atoms. The SMILES string of the molecule is COc1cc(F)ccc1-c1ccc2c(c1COC(=O)c1cccc(C)c1)C(C)=CC(C)(C)N2. The van der Waals surface area contributed by atoms with Crippen LogP contribution in [0.5, 0.6) is 5.75 Å². The monoisotopic (exact) mass is 445 g/mol. The van der Waals surface area contributed by atoms with Crippen LogP contribution in [0.3, 0.4) is 0 Å². The maximum absolute atomic E-state index is 13.9. The van der Waals surface area contributed by atoms with Gasteiger partial charge in [0.15, 0.2) is 0 Å². The number of fused-ring (bicyclic) bond motifs is 1. The van der Waals surface area contributed by atoms with E-state index in [1.807, 2.05) is 37.3 Å². The van der Waals surface area contributed by atoms with E-state index in [2.05, 4.69) is 32.2 Å². The summed E-state index contributed by atoms with van der Waals surface area (Å²) in [5.74, 6) is -0.341. The zero-order chi connectivity index (χ0) is 23.8. The number of anilines is 1. The van der Waals surface area contributed by atoms with Gasteiger partial charge in [0.2, 0.25) is 0 Å². The topological polar surface area (TPSA) is 47.6 Å². The molecule has 4 rings (SSSR count). The number of ether oxygens (including phenoxy) is 2. The molecule has 0 radical (unpaired) electrons. The van der Waals surface area contributed by atoms with Crippen LogP contribution in [0.25, 0.3) is 16.7 Å². The van der Waals surface area contributed by atoms with Crippen molar-refractivity contribution in [1.29, 1.82) is 0 Å². The fourth-order valence-corrected chi connectivity index (χ4v) is 4.48. The molecule has 0 bridgehead atoms. The number of methoxy groups -OCH3 is 1. The molecule has 33 heavy (non-hydrogen) atoms. The molecule has 0 saturated heterocycles. The molecular formula is C28H28FNO3. The average molecular weight is 446 g/mol. The van der Waals surface area contributed by atoms with E-state index in [1.54, 1.807) is 12.1 Å². The van der Waals surface area contributed by atoms with Gasteiger partial charge in [0, 0.05) is 28.4 Å². The van der Waals surface area contributed by atoms with Gasteiger partial charge in [0.1, 0.15) is 18.2 Å². The largest absolute Gasteiger partial charge is 0.496 e. The van der Waals surface area contributed by atoms with Gasteiger partial charge in [-0.05, 0) is 69.2 Å². The van der Waals surface area contributed by atoms with Gasteiger partial charge in [-0.15, -0.1) is 0 Å². The van der Waals surface area contributed by atoms with Gasteiger partial charge < -0.3 is 14.8 Å². The maximum Gasteiger partial charge on any atom is 0.338 e. The van der Waals surface area contributed by atoms with Crippen molar-refractivity contribution in [3.63, 3.8) is 0 Å². The minimum Gasteiger partial charge on any atom is -0.496 e. The summed E-state index contributed by atoms with van der Waals surface area (Å²) >= 11 is 0. The number of halogens is 1. The number of carbonyl (C=O) groups excluding carboxylic acids is 1. The van der Waals surface area contributed by atoms with E-state index < -0.39 is 0 Å². The van der Waals surface area contributed by atoms with Crippen LogP contribution in [0.2, 0.25) is 0 Å². The summed E-state index contributed by atoms with van der Waals surface area (Å²) < 4.78 is 25.1. The van der Waals surface area contributed by atoms with Gasteiger partial charge in [-0.2, -0.15) is 0 Å². The van der Waals surface area contributed by atoms with Crippen molar-refractivity contribution in [2.75, 3.05) is 12.4 Å². The average Bonchev–Trinajstić information content (AvgIpc) is 2.76. The quantitative estimate of drug-likeness (QED) is 0.440. The van der Waals surface area contributed by atoms with Crippen LogP contribution in [-0.2, 0) is 11.3 Å². The van der Waals surface area contributed by atoms with Gasteiger partial charge in [-0.25, -0.2) is 9.18 Å². The minimum absolute atomic E-state index is 0.0686. The molecule has 170 valence electrons. The van der Waals surface area contributed by atoms with Crippen LogP contribution < -0.4 is 10.1 Å². The second-order valence-electron chi connectivity index (χ2n) is 8.98. The van der Waals surface area contributed by atoms with Crippen LogP contribution >= 0.6 is 0 Å². The molecular weight excluding hydrogens is 417 g/mol. The highest BCUT2D eigenvalue weighted by Gasteiger charge is 2.27. The van der Waals surface area contributed by atoms with E-state index in [1.165, 1.54) is 19.2 Å². The van der Waals surface area contributed by atoms with E-state index in [4.69, 9.17) is 9.47 Å². The lowest BCUT2D eigenvalue weighted by Crippen LogP contribution is -2.32. The molecule has 3 aromatic rings. The lowest BCUT2D eigenvalue weighted by Gasteiger charge is -2.33. The van der Waals surface area contributed by atoms with Gasteiger partial charge >= 0.3 is 5.97 Å². The van der Waals surface area contributed by atoms with Gasteiger partial charge in [-0.3, -0.25) is 0 Å². The fourth-order valence-electron chi connectivity index (χ4n) is 4.48. The molecule has 0 unspecified atom stereocenters. The number of esters is 1. The molecule has 1 aliphatic rings. The number of carbonyl (C=O) groups is 1. The zero-order valence-electron chi connectivity index (χ0n) is 19.6. The third kappa shape index (κ3) is 4.63. The Bertz CT molecular complexity index is 1260. The lowest BCUT2D eigenvalue weighted by molar-refractivity contribution is 0.0473. The van der Waals surface area contributed by atoms with Crippen LogP contribution in [0.1, 0.15) is 47.8 Å². The summed E-state index contributed by atoms with van der Waals surface area (Å²) in [6, 6.07) is 15.8. The highest BCUT2D eigenvalue weighted by Crippen LogP contribution is 2.42. The molecule has 0 fully saturated rings. The number of hydrogen-bond donors (Lipinski definition) is 1. The number of hydrogen-bond acceptors (Lipinski definition) is 4. The third-order valence-corrected chi connectivity index (χ3v) is 5.80. The Balaban J connectivity index is 1.82. The van der Waals surface area contributed by atoms with Crippen molar-refractivity contribution < 1.29 is 18.7 Å². The van der Waals surface area contributed by atoms with Gasteiger partial charge in [-0.1, -0.05) is 29.8 Å². The molecule has 1 aliphatic heterocycles. The van der Waals surface area contributed by atoms with Gasteiger partial charge in [0.05, 0.1) is 18.2 Å². The Kier molecular flexibility index (Phi) is 5.98. The molecule has 0 aromatic heterocycles. The van der Waals surface area contributed by atoms with E-state index in [0.29, 0.717) is 11.3 Å². The van der Waals surface area contributed by atoms with Crippen molar-refractivity contribution in [2.45, 2.75) is 39.8 Å². The Hall–Kier alpha value is -3.60. The van der Waals surface area contributed by atoms with E-state index in [-0.39, 0.29) is 23.9 Å². The Morgan fingerprint density at radius 3 is 2.52 bits per heavy atom. The molecule has 1 heterocycles. The molecule has 0 saturated carbocycles. The zero-order valence-corrected chi connectivity index (χ0v) is 19.6. The first-order valence-corrected chi connectivity index (χ1v) is 10.9. The minimum atomic E-state index is -0.390. The highest BCUT2D eigenvalue weighted by molar-refractivity contribution is 5.91. The fraction of sp³-hybridized carbons (Fsp3) is 0.250. The van der Waals surface area contributed by atoms with E-state index in [0.717, 1.165) is 39.1 Å². The Morgan fingerprint density at radius 1 is 1.03 bits per heavy atom. The molecule has 5 heteroatoms. The molecule has 0 amide bonds. The summed E-state index contributed by atoms with van der Waals surface area (Å²) in [6.45, 7) is 8.27. The number of rotatable bonds is 5. The lowest BCUT2D eigenvalue weighted by atomic mass is 9.85. The summed E-state index contributed by atoms with van der Waals surface area (Å²) in [6.07, 6.45) is 2.16.